The predicted octanol–water partition coefficient (Wildman–Crippen LogP) is 1.49. The average Bonchev–Trinajstić information content (AvgIpc) is 2.68. The standard InChI is InChI=1S/C20H24N2O6/c23-12-14(22-19(27)13-5-3-7-15(24)11-13)6-1-2-10-21-20(28)16-8-4-9-17(25)18(16)26/h3-5,7-9,11,14,23-26H,1-2,6,10,12H2,(H,21,28)(H,22,27)/t14-/m0/s1. The lowest BCUT2D eigenvalue weighted by Crippen LogP contribution is -2.37. The molecule has 28 heavy (non-hydrogen) atoms. The molecule has 0 unspecified atom stereocenters. The molecule has 0 spiro atoms. The number of hydrogen-bond acceptors (Lipinski definition) is 6. The maximum absolute atomic E-state index is 12.1. The summed E-state index contributed by atoms with van der Waals surface area (Å²) in [7, 11) is 0. The molecule has 2 rings (SSSR count). The van der Waals surface area contributed by atoms with Gasteiger partial charge in [0.2, 0.25) is 0 Å². The number of hydrogen-bond donors (Lipinski definition) is 6. The van der Waals surface area contributed by atoms with Gasteiger partial charge in [0.15, 0.2) is 11.5 Å². The average molecular weight is 388 g/mol. The Morgan fingerprint density at radius 1 is 0.964 bits per heavy atom. The monoisotopic (exact) mass is 388 g/mol. The van der Waals surface area contributed by atoms with E-state index in [1.165, 1.54) is 30.3 Å². The van der Waals surface area contributed by atoms with Crippen LogP contribution in [0.2, 0.25) is 0 Å². The Balaban J connectivity index is 1.73. The number of benzene rings is 2. The van der Waals surface area contributed by atoms with E-state index in [9.17, 15) is 30.0 Å². The molecule has 0 saturated heterocycles. The Morgan fingerprint density at radius 3 is 2.43 bits per heavy atom. The van der Waals surface area contributed by atoms with Gasteiger partial charge in [0.25, 0.3) is 11.8 Å². The number of rotatable bonds is 9. The van der Waals surface area contributed by atoms with Crippen LogP contribution in [0.1, 0.15) is 40.0 Å². The lowest BCUT2D eigenvalue weighted by atomic mass is 10.1. The Hall–Kier alpha value is -3.26. The highest BCUT2D eigenvalue weighted by Crippen LogP contribution is 2.27. The summed E-state index contributed by atoms with van der Waals surface area (Å²) in [6.45, 7) is 0.112. The van der Waals surface area contributed by atoms with Gasteiger partial charge in [-0.1, -0.05) is 12.1 Å². The van der Waals surface area contributed by atoms with Crippen molar-refractivity contribution in [1.29, 1.82) is 0 Å². The van der Waals surface area contributed by atoms with E-state index in [2.05, 4.69) is 10.6 Å². The first kappa shape index (κ1) is 21.0. The summed E-state index contributed by atoms with van der Waals surface area (Å²) >= 11 is 0. The number of nitrogens with one attached hydrogen (secondary N) is 2. The van der Waals surface area contributed by atoms with Crippen LogP contribution < -0.4 is 10.6 Å². The number of para-hydroxylation sites is 1. The van der Waals surface area contributed by atoms with Crippen LogP contribution in [0.3, 0.4) is 0 Å². The number of carbonyl (C=O) groups is 2. The zero-order valence-electron chi connectivity index (χ0n) is 15.3. The first-order valence-electron chi connectivity index (χ1n) is 8.92. The van der Waals surface area contributed by atoms with E-state index in [4.69, 9.17) is 0 Å². The number of aliphatic hydroxyl groups excluding tert-OH is 1. The molecule has 0 aliphatic rings. The minimum Gasteiger partial charge on any atom is -0.508 e. The predicted molar refractivity (Wildman–Crippen MR) is 102 cm³/mol. The maximum atomic E-state index is 12.1. The SMILES string of the molecule is O=C(N[C@H](CO)CCCCNC(=O)c1cccc(O)c1O)c1cccc(O)c1. The molecule has 2 aromatic rings. The largest absolute Gasteiger partial charge is 0.508 e. The van der Waals surface area contributed by atoms with Gasteiger partial charge in [0, 0.05) is 12.1 Å². The van der Waals surface area contributed by atoms with Gasteiger partial charge in [-0.3, -0.25) is 9.59 Å². The number of unbranched alkanes of at least 4 members (excludes halogenated alkanes) is 1. The van der Waals surface area contributed by atoms with Crippen molar-refractivity contribution < 1.29 is 30.0 Å². The fourth-order valence-corrected chi connectivity index (χ4v) is 2.65. The molecule has 0 radical (unpaired) electrons. The van der Waals surface area contributed by atoms with Crippen LogP contribution in [0.15, 0.2) is 42.5 Å². The molecule has 6 N–H and O–H groups in total. The molecule has 8 nitrogen and oxygen atoms in total. The second-order valence-corrected chi connectivity index (χ2v) is 6.33. The topological polar surface area (TPSA) is 139 Å². The Labute approximate surface area is 162 Å². The lowest BCUT2D eigenvalue weighted by molar-refractivity contribution is 0.0911. The van der Waals surface area contributed by atoms with Gasteiger partial charge in [0.1, 0.15) is 5.75 Å². The summed E-state index contributed by atoms with van der Waals surface area (Å²) in [6, 6.07) is 9.64. The van der Waals surface area contributed by atoms with E-state index in [1.807, 2.05) is 0 Å². The molecule has 2 amide bonds. The third kappa shape index (κ3) is 5.88. The van der Waals surface area contributed by atoms with Crippen molar-refractivity contribution in [2.75, 3.05) is 13.2 Å². The number of amides is 2. The summed E-state index contributed by atoms with van der Waals surface area (Å²) in [5.41, 5.74) is 0.295. The summed E-state index contributed by atoms with van der Waals surface area (Å²) in [5.74, 6) is -1.72. The van der Waals surface area contributed by atoms with Crippen LogP contribution in [0.4, 0.5) is 0 Å². The van der Waals surface area contributed by atoms with Crippen molar-refractivity contribution in [3.05, 3.63) is 53.6 Å². The van der Waals surface area contributed by atoms with Gasteiger partial charge in [0.05, 0.1) is 18.2 Å². The van der Waals surface area contributed by atoms with Crippen LogP contribution in [0, 0.1) is 0 Å². The van der Waals surface area contributed by atoms with Crippen molar-refractivity contribution in [2.24, 2.45) is 0 Å². The van der Waals surface area contributed by atoms with Crippen LogP contribution in [0.5, 0.6) is 17.2 Å². The molecule has 0 heterocycles. The molecular formula is C20H24N2O6. The van der Waals surface area contributed by atoms with E-state index in [0.29, 0.717) is 31.4 Å². The lowest BCUT2D eigenvalue weighted by Gasteiger charge is -2.16. The Bertz CT molecular complexity index is 824. The molecule has 150 valence electrons. The second-order valence-electron chi connectivity index (χ2n) is 6.33. The molecule has 0 aliphatic carbocycles. The summed E-state index contributed by atoms with van der Waals surface area (Å²) in [6.07, 6.45) is 1.75. The molecule has 0 fully saturated rings. The number of aliphatic hydroxyl groups is 1. The first-order chi connectivity index (χ1) is 13.4. The van der Waals surface area contributed by atoms with Crippen LogP contribution in [-0.2, 0) is 0 Å². The van der Waals surface area contributed by atoms with Crippen LogP contribution in [0.25, 0.3) is 0 Å². The number of aromatic hydroxyl groups is 3. The quantitative estimate of drug-likeness (QED) is 0.284. The van der Waals surface area contributed by atoms with E-state index >= 15 is 0 Å². The van der Waals surface area contributed by atoms with E-state index < -0.39 is 17.7 Å². The summed E-state index contributed by atoms with van der Waals surface area (Å²) in [4.78, 5) is 24.1. The van der Waals surface area contributed by atoms with Gasteiger partial charge in [-0.05, 0) is 49.6 Å². The third-order valence-corrected chi connectivity index (χ3v) is 4.19. The van der Waals surface area contributed by atoms with Gasteiger partial charge in [-0.25, -0.2) is 0 Å². The van der Waals surface area contributed by atoms with Gasteiger partial charge < -0.3 is 31.1 Å². The Morgan fingerprint density at radius 2 is 1.71 bits per heavy atom. The van der Waals surface area contributed by atoms with Crippen molar-refractivity contribution >= 4 is 11.8 Å². The van der Waals surface area contributed by atoms with Crippen molar-refractivity contribution in [1.82, 2.24) is 10.6 Å². The number of carbonyl (C=O) groups excluding carboxylic acids is 2. The van der Waals surface area contributed by atoms with Gasteiger partial charge in [-0.15, -0.1) is 0 Å². The number of phenolic OH excluding ortho intramolecular Hbond substituents is 3. The fourth-order valence-electron chi connectivity index (χ4n) is 2.65. The molecule has 0 aromatic heterocycles. The van der Waals surface area contributed by atoms with Crippen LogP contribution >= 0.6 is 0 Å². The smallest absolute Gasteiger partial charge is 0.255 e. The van der Waals surface area contributed by atoms with Crippen molar-refractivity contribution in [2.45, 2.75) is 25.3 Å². The van der Waals surface area contributed by atoms with E-state index in [1.54, 1.807) is 12.1 Å². The normalized spacial score (nSPS) is 11.6. The highest BCUT2D eigenvalue weighted by atomic mass is 16.3. The first-order valence-corrected chi connectivity index (χ1v) is 8.92. The minimum absolute atomic E-state index is 0.00777. The summed E-state index contributed by atoms with van der Waals surface area (Å²) in [5, 5.41) is 43.3. The zero-order valence-corrected chi connectivity index (χ0v) is 15.3. The molecule has 0 aliphatic heterocycles. The molecule has 8 heteroatoms. The molecule has 0 bridgehead atoms. The maximum Gasteiger partial charge on any atom is 0.255 e. The highest BCUT2D eigenvalue weighted by Gasteiger charge is 2.15. The second kappa shape index (κ2) is 10.2. The minimum atomic E-state index is -0.496. The molecule has 0 saturated carbocycles. The number of phenols is 3. The fraction of sp³-hybridized carbons (Fsp3) is 0.300. The highest BCUT2D eigenvalue weighted by molar-refractivity contribution is 5.97. The zero-order chi connectivity index (χ0) is 20.5. The molecular weight excluding hydrogens is 364 g/mol. The van der Waals surface area contributed by atoms with E-state index in [0.717, 1.165) is 0 Å². The van der Waals surface area contributed by atoms with Crippen molar-refractivity contribution in [3.63, 3.8) is 0 Å². The van der Waals surface area contributed by atoms with Gasteiger partial charge in [-0.2, -0.15) is 0 Å². The summed E-state index contributed by atoms with van der Waals surface area (Å²) < 4.78 is 0. The van der Waals surface area contributed by atoms with Gasteiger partial charge >= 0.3 is 0 Å². The molecule has 1 atom stereocenters. The Kier molecular flexibility index (Phi) is 7.65. The van der Waals surface area contributed by atoms with E-state index in [-0.39, 0.29) is 29.6 Å². The van der Waals surface area contributed by atoms with Crippen LogP contribution in [-0.4, -0.2) is 51.4 Å². The third-order valence-electron chi connectivity index (χ3n) is 4.19. The van der Waals surface area contributed by atoms with Crippen molar-refractivity contribution in [3.8, 4) is 17.2 Å². The molecule has 2 aromatic carbocycles.